The van der Waals surface area contributed by atoms with E-state index < -0.39 is 0 Å². The quantitative estimate of drug-likeness (QED) is 0.461. The maximum absolute atomic E-state index is 11.5. The molecule has 2 atom stereocenters. The minimum absolute atomic E-state index is 0.162. The highest BCUT2D eigenvalue weighted by Crippen LogP contribution is 2.18. The van der Waals surface area contributed by atoms with Crippen LogP contribution in [0.2, 0.25) is 0 Å². The Morgan fingerprint density at radius 2 is 1.76 bits per heavy atom. The Hall–Kier alpha value is -1.39. The molecule has 1 aromatic rings. The van der Waals surface area contributed by atoms with E-state index in [1.807, 2.05) is 19.1 Å². The third-order valence-corrected chi connectivity index (χ3v) is 4.01. The van der Waals surface area contributed by atoms with E-state index in [0.717, 1.165) is 12.1 Å². The van der Waals surface area contributed by atoms with Crippen LogP contribution in [-0.2, 0) is 11.3 Å². The maximum Gasteiger partial charge on any atom is 0.241 e. The molecule has 0 aliphatic heterocycles. The topological polar surface area (TPSA) is 58.4 Å². The van der Waals surface area contributed by atoms with E-state index in [-0.39, 0.29) is 11.8 Å². The zero-order valence-corrected chi connectivity index (χ0v) is 13.9. The molecule has 0 spiro atoms. The first kappa shape index (κ1) is 17.7. The number of nitrogens with two attached hydrogens (primary N) is 1. The van der Waals surface area contributed by atoms with Gasteiger partial charge in [0.25, 0.3) is 0 Å². The molecule has 1 amide bonds. The number of hydrogen-bond donors (Lipinski definition) is 2. The Labute approximate surface area is 128 Å². The van der Waals surface area contributed by atoms with E-state index in [2.05, 4.69) is 50.3 Å². The van der Waals surface area contributed by atoms with Crippen LogP contribution in [0, 0.1) is 5.92 Å². The van der Waals surface area contributed by atoms with E-state index >= 15 is 0 Å². The number of carbonyl (C=O) groups is 1. The average molecular weight is 291 g/mol. The van der Waals surface area contributed by atoms with Crippen molar-refractivity contribution in [3.8, 4) is 0 Å². The first-order valence-electron chi connectivity index (χ1n) is 7.64. The molecular formula is C17H29N3O. The van der Waals surface area contributed by atoms with Crippen LogP contribution < -0.4 is 11.3 Å². The average Bonchev–Trinajstić information content (AvgIpc) is 2.45. The molecule has 0 aliphatic rings. The van der Waals surface area contributed by atoms with Crippen molar-refractivity contribution >= 4 is 5.91 Å². The lowest BCUT2D eigenvalue weighted by atomic mass is 9.99. The SMILES string of the molecule is CC(C)CC(C)N(C)Cc1ccc(C(C)C(=O)NN)cc1. The summed E-state index contributed by atoms with van der Waals surface area (Å²) in [6.45, 7) is 9.55. The summed E-state index contributed by atoms with van der Waals surface area (Å²) in [6, 6.07) is 8.76. The third kappa shape index (κ3) is 5.48. The first-order valence-corrected chi connectivity index (χ1v) is 7.64. The van der Waals surface area contributed by atoms with Crippen molar-refractivity contribution in [2.75, 3.05) is 7.05 Å². The van der Waals surface area contributed by atoms with Gasteiger partial charge in [0, 0.05) is 12.6 Å². The predicted molar refractivity (Wildman–Crippen MR) is 87.6 cm³/mol. The Morgan fingerprint density at radius 1 is 1.19 bits per heavy atom. The molecule has 21 heavy (non-hydrogen) atoms. The number of carbonyl (C=O) groups excluding carboxylic acids is 1. The fourth-order valence-corrected chi connectivity index (χ4v) is 2.49. The minimum atomic E-state index is -0.221. The Balaban J connectivity index is 2.64. The van der Waals surface area contributed by atoms with Gasteiger partial charge in [0.1, 0.15) is 0 Å². The van der Waals surface area contributed by atoms with Gasteiger partial charge >= 0.3 is 0 Å². The van der Waals surface area contributed by atoms with Crippen LogP contribution in [0.5, 0.6) is 0 Å². The molecular weight excluding hydrogens is 262 g/mol. The van der Waals surface area contributed by atoms with Crippen molar-refractivity contribution in [3.63, 3.8) is 0 Å². The number of hydrogen-bond acceptors (Lipinski definition) is 3. The van der Waals surface area contributed by atoms with Gasteiger partial charge in [-0.15, -0.1) is 0 Å². The largest absolute Gasteiger partial charge is 0.299 e. The molecule has 3 N–H and O–H groups in total. The highest BCUT2D eigenvalue weighted by Gasteiger charge is 2.14. The second kappa shape index (κ2) is 8.15. The van der Waals surface area contributed by atoms with E-state index in [1.54, 1.807) is 0 Å². The van der Waals surface area contributed by atoms with Gasteiger partial charge in [0.05, 0.1) is 5.92 Å². The summed E-state index contributed by atoms with van der Waals surface area (Å²) in [7, 11) is 2.16. The van der Waals surface area contributed by atoms with Gasteiger partial charge in [-0.2, -0.15) is 0 Å². The second-order valence-electron chi connectivity index (χ2n) is 6.37. The molecule has 1 aromatic carbocycles. The van der Waals surface area contributed by atoms with Crippen molar-refractivity contribution in [3.05, 3.63) is 35.4 Å². The number of amides is 1. The van der Waals surface area contributed by atoms with Gasteiger partial charge in [-0.1, -0.05) is 38.1 Å². The number of rotatable bonds is 7. The molecule has 2 unspecified atom stereocenters. The van der Waals surface area contributed by atoms with Gasteiger partial charge in [-0.3, -0.25) is 15.1 Å². The van der Waals surface area contributed by atoms with Gasteiger partial charge in [0.2, 0.25) is 5.91 Å². The molecule has 0 aliphatic carbocycles. The van der Waals surface area contributed by atoms with Crippen molar-refractivity contribution in [1.82, 2.24) is 10.3 Å². The lowest BCUT2D eigenvalue weighted by Crippen LogP contribution is -2.33. The smallest absolute Gasteiger partial charge is 0.241 e. The molecule has 118 valence electrons. The number of nitrogens with one attached hydrogen (secondary N) is 1. The standard InChI is InChI=1S/C17H29N3O/c1-12(2)10-13(3)20(5)11-15-6-8-16(9-7-15)14(4)17(21)19-18/h6-9,12-14H,10-11,18H2,1-5H3,(H,19,21). The summed E-state index contributed by atoms with van der Waals surface area (Å²) in [4.78, 5) is 13.9. The number of nitrogens with zero attached hydrogens (tertiary/aromatic N) is 1. The Bertz CT molecular complexity index is 442. The van der Waals surface area contributed by atoms with E-state index in [0.29, 0.717) is 12.0 Å². The molecule has 0 aromatic heterocycles. The van der Waals surface area contributed by atoms with Crippen molar-refractivity contribution in [2.45, 2.75) is 52.6 Å². The summed E-state index contributed by atoms with van der Waals surface area (Å²) in [5.74, 6) is 5.50. The highest BCUT2D eigenvalue weighted by atomic mass is 16.2. The highest BCUT2D eigenvalue weighted by molar-refractivity contribution is 5.82. The van der Waals surface area contributed by atoms with E-state index in [9.17, 15) is 4.79 Å². The molecule has 4 heteroatoms. The summed E-state index contributed by atoms with van der Waals surface area (Å²) in [6.07, 6.45) is 1.20. The third-order valence-electron chi connectivity index (χ3n) is 4.01. The van der Waals surface area contributed by atoms with Crippen LogP contribution >= 0.6 is 0 Å². The van der Waals surface area contributed by atoms with Gasteiger partial charge in [-0.25, -0.2) is 5.84 Å². The molecule has 0 heterocycles. The van der Waals surface area contributed by atoms with Crippen LogP contribution in [0.25, 0.3) is 0 Å². The van der Waals surface area contributed by atoms with Crippen LogP contribution in [0.3, 0.4) is 0 Å². The van der Waals surface area contributed by atoms with Gasteiger partial charge < -0.3 is 0 Å². The number of benzene rings is 1. The van der Waals surface area contributed by atoms with E-state index in [4.69, 9.17) is 5.84 Å². The van der Waals surface area contributed by atoms with Crippen LogP contribution in [0.4, 0.5) is 0 Å². The molecule has 0 radical (unpaired) electrons. The van der Waals surface area contributed by atoms with Crippen LogP contribution in [0.15, 0.2) is 24.3 Å². The van der Waals surface area contributed by atoms with Crippen molar-refractivity contribution < 1.29 is 4.79 Å². The molecule has 0 saturated heterocycles. The second-order valence-corrected chi connectivity index (χ2v) is 6.37. The molecule has 1 rings (SSSR count). The molecule has 4 nitrogen and oxygen atoms in total. The van der Waals surface area contributed by atoms with Crippen LogP contribution in [-0.4, -0.2) is 23.9 Å². The Kier molecular flexibility index (Phi) is 6.85. The van der Waals surface area contributed by atoms with Gasteiger partial charge in [0.15, 0.2) is 0 Å². The van der Waals surface area contributed by atoms with Gasteiger partial charge in [-0.05, 0) is 44.4 Å². The lowest BCUT2D eigenvalue weighted by Gasteiger charge is -2.26. The Morgan fingerprint density at radius 3 is 2.24 bits per heavy atom. The summed E-state index contributed by atoms with van der Waals surface area (Å²) in [5, 5.41) is 0. The zero-order valence-electron chi connectivity index (χ0n) is 13.9. The fraction of sp³-hybridized carbons (Fsp3) is 0.588. The van der Waals surface area contributed by atoms with Crippen molar-refractivity contribution in [2.24, 2.45) is 11.8 Å². The normalized spacial score (nSPS) is 14.3. The first-order chi connectivity index (χ1) is 9.85. The summed E-state index contributed by atoms with van der Waals surface area (Å²) < 4.78 is 0. The predicted octanol–water partition coefficient (Wildman–Crippen LogP) is 2.65. The fourth-order valence-electron chi connectivity index (χ4n) is 2.49. The monoisotopic (exact) mass is 291 g/mol. The van der Waals surface area contributed by atoms with E-state index in [1.165, 1.54) is 12.0 Å². The summed E-state index contributed by atoms with van der Waals surface area (Å²) in [5.41, 5.74) is 4.44. The number of hydrazine groups is 1. The molecule has 0 fully saturated rings. The molecule has 0 bridgehead atoms. The van der Waals surface area contributed by atoms with Crippen LogP contribution in [0.1, 0.15) is 51.2 Å². The molecule has 0 saturated carbocycles. The lowest BCUT2D eigenvalue weighted by molar-refractivity contribution is -0.122. The maximum atomic E-state index is 11.5. The zero-order chi connectivity index (χ0) is 16.0. The van der Waals surface area contributed by atoms with Crippen molar-refractivity contribution in [1.29, 1.82) is 0 Å². The summed E-state index contributed by atoms with van der Waals surface area (Å²) >= 11 is 0. The minimum Gasteiger partial charge on any atom is -0.299 e.